The van der Waals surface area contributed by atoms with Crippen molar-refractivity contribution in [3.63, 3.8) is 0 Å². The third kappa shape index (κ3) is 1.91. The molecule has 0 spiro atoms. The van der Waals surface area contributed by atoms with Gasteiger partial charge in [0.05, 0.1) is 6.04 Å². The van der Waals surface area contributed by atoms with Gasteiger partial charge in [-0.1, -0.05) is 6.07 Å². The molecule has 18 heavy (non-hydrogen) atoms. The van der Waals surface area contributed by atoms with Crippen LogP contribution in [0.3, 0.4) is 0 Å². The molecule has 4 nitrogen and oxygen atoms in total. The number of benzene rings is 1. The molecule has 92 valence electrons. The van der Waals surface area contributed by atoms with Crippen LogP contribution in [0.2, 0.25) is 0 Å². The Morgan fingerprint density at radius 2 is 2.39 bits per heavy atom. The van der Waals surface area contributed by atoms with Crippen LogP contribution in [0.15, 0.2) is 29.8 Å². The van der Waals surface area contributed by atoms with E-state index in [1.165, 1.54) is 11.1 Å². The Bertz CT molecular complexity index is 580. The zero-order valence-corrected chi connectivity index (χ0v) is 10.5. The standard InChI is InChI=1S/C13H13N3OS/c14-12(17)9-1-2-10-8(7-9)3-4-15-11(10)13-16-5-6-18-13/h1-2,5-7,11,15H,3-4H2,(H2,14,17). The third-order valence-corrected chi connectivity index (χ3v) is 4.02. The van der Waals surface area contributed by atoms with Crippen LogP contribution < -0.4 is 11.1 Å². The van der Waals surface area contributed by atoms with E-state index in [-0.39, 0.29) is 11.9 Å². The van der Waals surface area contributed by atoms with Crippen LogP contribution in [-0.2, 0) is 6.42 Å². The van der Waals surface area contributed by atoms with Crippen LogP contribution >= 0.6 is 11.3 Å². The third-order valence-electron chi connectivity index (χ3n) is 3.18. The summed E-state index contributed by atoms with van der Waals surface area (Å²) in [6.45, 7) is 0.888. The average Bonchev–Trinajstić information content (AvgIpc) is 2.91. The highest BCUT2D eigenvalue weighted by molar-refractivity contribution is 7.09. The van der Waals surface area contributed by atoms with Crippen molar-refractivity contribution in [1.29, 1.82) is 0 Å². The van der Waals surface area contributed by atoms with E-state index >= 15 is 0 Å². The smallest absolute Gasteiger partial charge is 0.248 e. The molecule has 0 aliphatic carbocycles. The first kappa shape index (κ1) is 11.4. The number of nitrogens with two attached hydrogens (primary N) is 1. The number of nitrogens with one attached hydrogen (secondary N) is 1. The lowest BCUT2D eigenvalue weighted by molar-refractivity contribution is 0.1000. The Labute approximate surface area is 109 Å². The SMILES string of the molecule is NC(=O)c1ccc2c(c1)CCNC2c1nccs1. The maximum absolute atomic E-state index is 11.2. The van der Waals surface area contributed by atoms with E-state index in [1.807, 2.05) is 23.7 Å². The van der Waals surface area contributed by atoms with Crippen LogP contribution in [0.4, 0.5) is 0 Å². The van der Waals surface area contributed by atoms with Gasteiger partial charge in [-0.05, 0) is 29.7 Å². The number of amides is 1. The second-order valence-electron chi connectivity index (χ2n) is 4.29. The molecule has 2 heterocycles. The van der Waals surface area contributed by atoms with Crippen molar-refractivity contribution in [2.75, 3.05) is 6.54 Å². The number of hydrogen-bond acceptors (Lipinski definition) is 4. The monoisotopic (exact) mass is 259 g/mol. The predicted octanol–water partition coefficient (Wildman–Crippen LogP) is 1.48. The number of thiazole rings is 1. The molecule has 1 amide bonds. The van der Waals surface area contributed by atoms with Gasteiger partial charge in [-0.3, -0.25) is 4.79 Å². The highest BCUT2D eigenvalue weighted by Crippen LogP contribution is 2.30. The van der Waals surface area contributed by atoms with Gasteiger partial charge in [0.25, 0.3) is 0 Å². The Hall–Kier alpha value is -1.72. The zero-order valence-electron chi connectivity index (χ0n) is 9.72. The minimum atomic E-state index is -0.373. The largest absolute Gasteiger partial charge is 0.366 e. The van der Waals surface area contributed by atoms with Gasteiger partial charge in [-0.2, -0.15) is 0 Å². The van der Waals surface area contributed by atoms with Crippen LogP contribution in [0.1, 0.15) is 32.5 Å². The van der Waals surface area contributed by atoms with Crippen molar-refractivity contribution in [2.45, 2.75) is 12.5 Å². The van der Waals surface area contributed by atoms with E-state index in [1.54, 1.807) is 17.4 Å². The summed E-state index contributed by atoms with van der Waals surface area (Å²) in [6, 6.07) is 5.80. The van der Waals surface area contributed by atoms with Crippen molar-refractivity contribution >= 4 is 17.2 Å². The van der Waals surface area contributed by atoms with E-state index in [2.05, 4.69) is 10.3 Å². The highest BCUT2D eigenvalue weighted by atomic mass is 32.1. The van der Waals surface area contributed by atoms with Gasteiger partial charge < -0.3 is 11.1 Å². The molecule has 1 aromatic heterocycles. The summed E-state index contributed by atoms with van der Waals surface area (Å²) in [7, 11) is 0. The molecule has 2 aromatic rings. The summed E-state index contributed by atoms with van der Waals surface area (Å²) in [5.41, 5.74) is 8.27. The van der Waals surface area contributed by atoms with Crippen molar-refractivity contribution in [3.05, 3.63) is 51.5 Å². The van der Waals surface area contributed by atoms with Gasteiger partial charge in [0, 0.05) is 23.7 Å². The number of nitrogens with zero attached hydrogens (tertiary/aromatic N) is 1. The van der Waals surface area contributed by atoms with Crippen molar-refractivity contribution < 1.29 is 4.79 Å². The predicted molar refractivity (Wildman–Crippen MR) is 70.6 cm³/mol. The minimum Gasteiger partial charge on any atom is -0.366 e. The zero-order chi connectivity index (χ0) is 12.5. The van der Waals surface area contributed by atoms with Gasteiger partial charge >= 0.3 is 0 Å². The van der Waals surface area contributed by atoms with Crippen LogP contribution in [0.25, 0.3) is 0 Å². The van der Waals surface area contributed by atoms with Gasteiger partial charge in [0.15, 0.2) is 0 Å². The lowest BCUT2D eigenvalue weighted by atomic mass is 9.92. The topological polar surface area (TPSA) is 68.0 Å². The summed E-state index contributed by atoms with van der Waals surface area (Å²) in [6.07, 6.45) is 2.73. The fourth-order valence-corrected chi connectivity index (χ4v) is 3.04. The lowest BCUT2D eigenvalue weighted by Crippen LogP contribution is -2.30. The summed E-state index contributed by atoms with van der Waals surface area (Å²) in [5.74, 6) is -0.373. The van der Waals surface area contributed by atoms with Crippen LogP contribution in [-0.4, -0.2) is 17.4 Å². The van der Waals surface area contributed by atoms with Gasteiger partial charge in [0.2, 0.25) is 5.91 Å². The summed E-state index contributed by atoms with van der Waals surface area (Å²) < 4.78 is 0. The Kier molecular flexibility index (Phi) is 2.85. The molecule has 3 rings (SSSR count). The Morgan fingerprint density at radius 3 is 3.11 bits per heavy atom. The normalized spacial score (nSPS) is 18.3. The second-order valence-corrected chi connectivity index (χ2v) is 5.21. The number of rotatable bonds is 2. The maximum Gasteiger partial charge on any atom is 0.248 e. The Morgan fingerprint density at radius 1 is 1.50 bits per heavy atom. The number of aromatic nitrogens is 1. The van der Waals surface area contributed by atoms with Crippen molar-refractivity contribution in [1.82, 2.24) is 10.3 Å². The number of fused-ring (bicyclic) bond motifs is 1. The quantitative estimate of drug-likeness (QED) is 0.858. The molecule has 5 heteroatoms. The van der Waals surface area contributed by atoms with E-state index in [0.717, 1.165) is 18.0 Å². The van der Waals surface area contributed by atoms with Gasteiger partial charge in [-0.15, -0.1) is 11.3 Å². The first-order chi connectivity index (χ1) is 8.75. The first-order valence-electron chi connectivity index (χ1n) is 5.81. The summed E-state index contributed by atoms with van der Waals surface area (Å²) >= 11 is 1.64. The van der Waals surface area contributed by atoms with Crippen LogP contribution in [0, 0.1) is 0 Å². The molecule has 3 N–H and O–H groups in total. The second kappa shape index (κ2) is 4.51. The number of carbonyl (C=O) groups excluding carboxylic acids is 1. The van der Waals surface area contributed by atoms with Crippen LogP contribution in [0.5, 0.6) is 0 Å². The summed E-state index contributed by atoms with van der Waals surface area (Å²) in [4.78, 5) is 15.6. The molecule has 1 unspecified atom stereocenters. The van der Waals surface area contributed by atoms with Crippen molar-refractivity contribution in [3.8, 4) is 0 Å². The molecule has 1 atom stereocenters. The van der Waals surface area contributed by atoms with E-state index in [0.29, 0.717) is 5.56 Å². The molecule has 1 aromatic carbocycles. The van der Waals surface area contributed by atoms with Gasteiger partial charge in [0.1, 0.15) is 5.01 Å². The molecular formula is C13H13N3OS. The molecule has 0 saturated heterocycles. The molecular weight excluding hydrogens is 246 g/mol. The lowest BCUT2D eigenvalue weighted by Gasteiger charge is -2.25. The number of carbonyl (C=O) groups is 1. The van der Waals surface area contributed by atoms with Gasteiger partial charge in [-0.25, -0.2) is 4.98 Å². The van der Waals surface area contributed by atoms with E-state index in [4.69, 9.17) is 5.73 Å². The minimum absolute atomic E-state index is 0.135. The molecule has 0 fully saturated rings. The van der Waals surface area contributed by atoms with Crippen molar-refractivity contribution in [2.24, 2.45) is 5.73 Å². The Balaban J connectivity index is 2.04. The molecule has 1 aliphatic rings. The molecule has 0 radical (unpaired) electrons. The number of primary amides is 1. The number of hydrogen-bond donors (Lipinski definition) is 2. The molecule has 0 bridgehead atoms. The van der Waals surface area contributed by atoms with E-state index in [9.17, 15) is 4.79 Å². The molecule has 0 saturated carbocycles. The fourth-order valence-electron chi connectivity index (χ4n) is 2.32. The van der Waals surface area contributed by atoms with E-state index < -0.39 is 0 Å². The molecule has 1 aliphatic heterocycles. The summed E-state index contributed by atoms with van der Waals surface area (Å²) in [5, 5.41) is 6.49. The highest BCUT2D eigenvalue weighted by Gasteiger charge is 2.23. The maximum atomic E-state index is 11.2. The fraction of sp³-hybridized carbons (Fsp3) is 0.231. The first-order valence-corrected chi connectivity index (χ1v) is 6.69. The average molecular weight is 259 g/mol.